The second-order valence-corrected chi connectivity index (χ2v) is 4.58. The molecule has 0 amide bonds. The largest absolute Gasteiger partial charge is 0.303 e. The third kappa shape index (κ3) is 7.39. The van der Waals surface area contributed by atoms with Crippen LogP contribution in [0.2, 0.25) is 0 Å². The van der Waals surface area contributed by atoms with Crippen molar-refractivity contribution < 1.29 is 0 Å². The third-order valence-electron chi connectivity index (χ3n) is 3.20. The zero-order valence-electron chi connectivity index (χ0n) is 10.4. The van der Waals surface area contributed by atoms with Crippen LogP contribution >= 0.6 is 0 Å². The van der Waals surface area contributed by atoms with Gasteiger partial charge < -0.3 is 4.90 Å². The van der Waals surface area contributed by atoms with Gasteiger partial charge in [-0.15, -0.1) is 0 Å². The van der Waals surface area contributed by atoms with Gasteiger partial charge in [-0.1, -0.05) is 33.1 Å². The Morgan fingerprint density at radius 2 is 1.73 bits per heavy atom. The maximum absolute atomic E-state index is 6.50. The smallest absolute Gasteiger partial charge is 0.0462 e. The summed E-state index contributed by atoms with van der Waals surface area (Å²) in [5.41, 5.74) is 0. The molecule has 1 saturated heterocycles. The molecule has 0 bridgehead atoms. The van der Waals surface area contributed by atoms with Gasteiger partial charge in [-0.3, -0.25) is 0 Å². The molecule has 0 N–H and O–H groups in total. The minimum atomic E-state index is 0.979. The lowest BCUT2D eigenvalue weighted by atomic mass is 9.99. The summed E-state index contributed by atoms with van der Waals surface area (Å²) in [6.07, 6.45) is 8.48. The lowest BCUT2D eigenvalue weighted by Crippen LogP contribution is -2.33. The molecule has 0 radical (unpaired) electrons. The summed E-state index contributed by atoms with van der Waals surface area (Å²) in [4.78, 5) is 2.65. The Balaban J connectivity index is 0.000000921. The van der Waals surface area contributed by atoms with Gasteiger partial charge in [0.25, 0.3) is 0 Å². The highest BCUT2D eigenvalue weighted by molar-refractivity contribution is 4.68. The number of unbranched alkanes of at least 4 members (excludes halogenated alkanes) is 3. The van der Waals surface area contributed by atoms with Gasteiger partial charge in [0, 0.05) is 6.57 Å². The van der Waals surface area contributed by atoms with Crippen molar-refractivity contribution in [3.05, 3.63) is 0 Å². The van der Waals surface area contributed by atoms with E-state index in [4.69, 9.17) is 5.26 Å². The van der Waals surface area contributed by atoms with Gasteiger partial charge in [-0.25, -0.2) is 5.26 Å². The van der Waals surface area contributed by atoms with Crippen molar-refractivity contribution in [2.75, 3.05) is 19.6 Å². The summed E-state index contributed by atoms with van der Waals surface area (Å²) in [6, 6.07) is 0. The van der Waals surface area contributed by atoms with E-state index in [1.54, 1.807) is 0 Å². The van der Waals surface area contributed by atoms with Crippen molar-refractivity contribution >= 4 is 0 Å². The Hall–Kier alpha value is -0.550. The van der Waals surface area contributed by atoms with Crippen LogP contribution in [-0.2, 0) is 0 Å². The summed E-state index contributed by atoms with van der Waals surface area (Å²) < 4.78 is 0. The van der Waals surface area contributed by atoms with Crippen molar-refractivity contribution in [2.45, 2.75) is 52.4 Å². The Labute approximate surface area is 95.3 Å². The maximum atomic E-state index is 6.50. The number of rotatable bonds is 5. The molecule has 1 aliphatic heterocycles. The Morgan fingerprint density at radius 1 is 1.13 bits per heavy atom. The highest BCUT2D eigenvalue weighted by Crippen LogP contribution is 2.16. The fourth-order valence-electron chi connectivity index (χ4n) is 2.05. The fraction of sp³-hybridized carbons (Fsp3) is 0.923. The van der Waals surface area contributed by atoms with Gasteiger partial charge in [0.05, 0.1) is 0 Å². The van der Waals surface area contributed by atoms with Gasteiger partial charge in [-0.2, -0.15) is 0 Å². The molecule has 0 saturated carbocycles. The summed E-state index contributed by atoms with van der Waals surface area (Å²) >= 11 is 0. The van der Waals surface area contributed by atoms with E-state index < -0.39 is 0 Å². The molecule has 0 atom stereocenters. The molecule has 0 aromatic carbocycles. The Morgan fingerprint density at radius 3 is 2.27 bits per heavy atom. The van der Waals surface area contributed by atoms with Gasteiger partial charge in [0.1, 0.15) is 0 Å². The average molecular weight is 210 g/mol. The Bertz CT molecular complexity index is 146. The van der Waals surface area contributed by atoms with Crippen LogP contribution < -0.4 is 0 Å². The van der Waals surface area contributed by atoms with E-state index in [0.29, 0.717) is 0 Å². The second-order valence-electron chi connectivity index (χ2n) is 4.58. The molecule has 1 aliphatic rings. The minimum absolute atomic E-state index is 0.979. The molecule has 0 aliphatic carbocycles. The Kier molecular flexibility index (Phi) is 9.62. The first-order chi connectivity index (χ1) is 7.33. The van der Waals surface area contributed by atoms with Crippen molar-refractivity contribution in [1.29, 1.82) is 5.26 Å². The molecule has 1 heterocycles. The van der Waals surface area contributed by atoms with Gasteiger partial charge in [0.2, 0.25) is 0 Å². The van der Waals surface area contributed by atoms with E-state index in [0.717, 1.165) is 5.92 Å². The SMILES string of the molecule is C#N.CCCCCCN1CCC(C)CC1. The minimum Gasteiger partial charge on any atom is -0.303 e. The molecular weight excluding hydrogens is 184 g/mol. The quantitative estimate of drug-likeness (QED) is 0.650. The van der Waals surface area contributed by atoms with Gasteiger partial charge in [0.15, 0.2) is 0 Å². The summed E-state index contributed by atoms with van der Waals surface area (Å²) in [5, 5.41) is 6.50. The van der Waals surface area contributed by atoms with Crippen molar-refractivity contribution in [1.82, 2.24) is 4.90 Å². The molecule has 2 nitrogen and oxygen atoms in total. The van der Waals surface area contributed by atoms with Crippen LogP contribution in [0.1, 0.15) is 52.4 Å². The van der Waals surface area contributed by atoms with Crippen molar-refractivity contribution in [3.8, 4) is 6.57 Å². The van der Waals surface area contributed by atoms with Crippen molar-refractivity contribution in [3.63, 3.8) is 0 Å². The van der Waals surface area contributed by atoms with Gasteiger partial charge >= 0.3 is 0 Å². The molecule has 15 heavy (non-hydrogen) atoms. The third-order valence-corrected chi connectivity index (χ3v) is 3.20. The predicted octanol–water partition coefficient (Wildman–Crippen LogP) is 3.44. The molecule has 0 aromatic heterocycles. The molecule has 0 unspecified atom stereocenters. The number of hydrogen-bond acceptors (Lipinski definition) is 2. The van der Waals surface area contributed by atoms with Crippen LogP contribution in [0.3, 0.4) is 0 Å². The lowest BCUT2D eigenvalue weighted by Gasteiger charge is -2.30. The molecule has 1 fully saturated rings. The number of hydrogen-bond donors (Lipinski definition) is 0. The zero-order chi connectivity index (χ0) is 11.5. The topological polar surface area (TPSA) is 27.0 Å². The first-order valence-electron chi connectivity index (χ1n) is 6.31. The second kappa shape index (κ2) is 9.98. The van der Waals surface area contributed by atoms with E-state index in [1.807, 2.05) is 0 Å². The number of likely N-dealkylation sites (tertiary alicyclic amines) is 1. The first-order valence-corrected chi connectivity index (χ1v) is 6.31. The van der Waals surface area contributed by atoms with Crippen LogP contribution in [-0.4, -0.2) is 24.5 Å². The molecule has 88 valence electrons. The highest BCUT2D eigenvalue weighted by Gasteiger charge is 2.14. The van der Waals surface area contributed by atoms with E-state index in [1.165, 1.54) is 58.2 Å². The standard InChI is InChI=1S/C12H25N.CHN/c1-3-4-5-6-9-13-10-7-12(2)8-11-13;1-2/h12H,3-11H2,1-2H3;1H. The van der Waals surface area contributed by atoms with E-state index >= 15 is 0 Å². The van der Waals surface area contributed by atoms with Crippen LogP contribution in [0.15, 0.2) is 0 Å². The van der Waals surface area contributed by atoms with Crippen LogP contribution in [0, 0.1) is 17.8 Å². The van der Waals surface area contributed by atoms with Crippen LogP contribution in [0.25, 0.3) is 0 Å². The molecule has 1 rings (SSSR count). The van der Waals surface area contributed by atoms with Crippen LogP contribution in [0.4, 0.5) is 0 Å². The number of piperidine rings is 1. The summed E-state index contributed by atoms with van der Waals surface area (Å²) in [5.74, 6) is 0.979. The maximum Gasteiger partial charge on any atom is 0.0462 e. The summed E-state index contributed by atoms with van der Waals surface area (Å²) in [6.45, 7) is 12.2. The monoisotopic (exact) mass is 210 g/mol. The molecule has 0 aromatic rings. The summed E-state index contributed by atoms with van der Waals surface area (Å²) in [7, 11) is 0. The average Bonchev–Trinajstić information content (AvgIpc) is 2.30. The number of nitrogens with zero attached hydrogens (tertiary/aromatic N) is 2. The van der Waals surface area contributed by atoms with Gasteiger partial charge in [-0.05, 0) is 44.8 Å². The first kappa shape index (κ1) is 14.5. The van der Waals surface area contributed by atoms with Crippen LogP contribution in [0.5, 0.6) is 0 Å². The predicted molar refractivity (Wildman–Crippen MR) is 65.7 cm³/mol. The molecule has 2 heteroatoms. The van der Waals surface area contributed by atoms with Crippen molar-refractivity contribution in [2.24, 2.45) is 5.92 Å². The van der Waals surface area contributed by atoms with E-state index in [-0.39, 0.29) is 0 Å². The number of nitriles is 1. The normalized spacial score (nSPS) is 18.1. The zero-order valence-corrected chi connectivity index (χ0v) is 10.4. The molecule has 0 spiro atoms. The van der Waals surface area contributed by atoms with E-state index in [2.05, 4.69) is 25.3 Å². The van der Waals surface area contributed by atoms with E-state index in [9.17, 15) is 0 Å². The molecular formula is C13H26N2. The highest BCUT2D eigenvalue weighted by atomic mass is 15.1. The lowest BCUT2D eigenvalue weighted by molar-refractivity contribution is 0.189. The fourth-order valence-corrected chi connectivity index (χ4v) is 2.05.